The van der Waals surface area contributed by atoms with Gasteiger partial charge < -0.3 is 10.2 Å². The highest BCUT2D eigenvalue weighted by atomic mass is 19.2. The van der Waals surface area contributed by atoms with Crippen LogP contribution in [-0.2, 0) is 4.79 Å². The molecule has 0 spiro atoms. The molecule has 1 saturated heterocycles. The van der Waals surface area contributed by atoms with E-state index in [0.29, 0.717) is 11.9 Å². The van der Waals surface area contributed by atoms with Gasteiger partial charge in [0.25, 0.3) is 5.91 Å². The summed E-state index contributed by atoms with van der Waals surface area (Å²) in [6.45, 7) is 0.0813. The predicted octanol–water partition coefficient (Wildman–Crippen LogP) is 2.38. The van der Waals surface area contributed by atoms with Crippen molar-refractivity contribution in [2.75, 3.05) is 25.0 Å². The van der Waals surface area contributed by atoms with Gasteiger partial charge in [-0.05, 0) is 12.5 Å². The number of hydrogen-bond acceptors (Lipinski definition) is 6. The highest BCUT2D eigenvalue weighted by Crippen LogP contribution is 2.35. The molecule has 174 valence electrons. The van der Waals surface area contributed by atoms with Gasteiger partial charge in [0.05, 0.1) is 18.5 Å². The van der Waals surface area contributed by atoms with Crippen molar-refractivity contribution in [2.24, 2.45) is 11.0 Å². The maximum Gasteiger partial charge on any atom is 0.269 e. The lowest BCUT2D eigenvalue weighted by Crippen LogP contribution is -2.48. The molecule has 2 aliphatic rings. The van der Waals surface area contributed by atoms with Crippen LogP contribution in [-0.4, -0.2) is 59.3 Å². The Morgan fingerprint density at radius 2 is 1.94 bits per heavy atom. The highest BCUT2D eigenvalue weighted by Gasteiger charge is 2.41. The van der Waals surface area contributed by atoms with Crippen molar-refractivity contribution in [1.82, 2.24) is 20.3 Å². The molecule has 2 amide bonds. The predicted molar refractivity (Wildman–Crippen MR) is 110 cm³/mol. The van der Waals surface area contributed by atoms with Crippen molar-refractivity contribution in [3.05, 3.63) is 53.2 Å². The second kappa shape index (κ2) is 9.12. The summed E-state index contributed by atoms with van der Waals surface area (Å²) in [6.07, 6.45) is 1.05. The molecule has 8 nitrogen and oxygen atoms in total. The summed E-state index contributed by atoms with van der Waals surface area (Å²) in [5.74, 6) is -5.49. The fourth-order valence-electron chi connectivity index (χ4n) is 4.04. The van der Waals surface area contributed by atoms with Crippen LogP contribution in [0.5, 0.6) is 0 Å². The van der Waals surface area contributed by atoms with E-state index in [-0.39, 0.29) is 37.2 Å². The van der Waals surface area contributed by atoms with E-state index in [4.69, 9.17) is 0 Å². The SMILES string of the molecule is CNC(=O)c1cc(N2CC[C@@H](C(=O)N3N=CC[C@H]3c3cc(F)cc(F)c3F)[C@@H](F)C2)ncn1. The van der Waals surface area contributed by atoms with Crippen molar-refractivity contribution < 1.29 is 27.2 Å². The van der Waals surface area contributed by atoms with Gasteiger partial charge >= 0.3 is 0 Å². The van der Waals surface area contributed by atoms with Gasteiger partial charge in [0.15, 0.2) is 11.6 Å². The van der Waals surface area contributed by atoms with Crippen molar-refractivity contribution in [1.29, 1.82) is 0 Å². The molecule has 1 N–H and O–H groups in total. The van der Waals surface area contributed by atoms with Crippen LogP contribution in [0.3, 0.4) is 0 Å². The number of piperidine rings is 1. The van der Waals surface area contributed by atoms with Crippen molar-refractivity contribution in [3.63, 3.8) is 0 Å². The van der Waals surface area contributed by atoms with E-state index < -0.39 is 47.4 Å². The summed E-state index contributed by atoms with van der Waals surface area (Å²) < 4.78 is 56.7. The Bertz CT molecular complexity index is 1110. The molecule has 0 bridgehead atoms. The molecule has 0 radical (unpaired) electrons. The van der Waals surface area contributed by atoms with E-state index >= 15 is 4.39 Å². The van der Waals surface area contributed by atoms with Crippen LogP contribution < -0.4 is 10.2 Å². The molecule has 0 saturated carbocycles. The van der Waals surface area contributed by atoms with Crippen LogP contribution >= 0.6 is 0 Å². The molecule has 1 aromatic carbocycles. The normalized spacial score (nSPS) is 22.5. The Morgan fingerprint density at radius 1 is 1.15 bits per heavy atom. The van der Waals surface area contributed by atoms with E-state index in [1.165, 1.54) is 25.7 Å². The first-order valence-corrected chi connectivity index (χ1v) is 10.2. The van der Waals surface area contributed by atoms with Gasteiger partial charge in [-0.25, -0.2) is 32.5 Å². The van der Waals surface area contributed by atoms with Gasteiger partial charge in [-0.15, -0.1) is 0 Å². The Hall–Kier alpha value is -3.57. The van der Waals surface area contributed by atoms with E-state index in [1.54, 1.807) is 4.90 Å². The number of benzene rings is 1. The third-order valence-electron chi connectivity index (χ3n) is 5.73. The summed E-state index contributed by atoms with van der Waals surface area (Å²) in [4.78, 5) is 34.4. The van der Waals surface area contributed by atoms with Crippen LogP contribution in [0.15, 0.2) is 29.6 Å². The van der Waals surface area contributed by atoms with Gasteiger partial charge in [0, 0.05) is 43.9 Å². The van der Waals surface area contributed by atoms with Gasteiger partial charge in [0.1, 0.15) is 29.8 Å². The number of nitrogens with one attached hydrogen (secondary N) is 1. The standard InChI is InChI=1S/C21H20F4N6O2/c1-26-20(32)16-8-18(28-10-27-16)30-5-3-12(15(24)9-30)21(33)31-17(2-4-29-31)13-6-11(22)7-14(23)19(13)25/h4,6-8,10,12,15,17H,2-3,5,9H2,1H3,(H,26,32)/t12-,15+,17+/m1/s1. The molecular formula is C21H20F4N6O2. The minimum atomic E-state index is -1.62. The molecule has 12 heteroatoms. The number of hydrazone groups is 1. The molecule has 0 unspecified atom stereocenters. The summed E-state index contributed by atoms with van der Waals surface area (Å²) in [6, 6.07) is 1.59. The zero-order valence-electron chi connectivity index (χ0n) is 17.5. The first-order valence-electron chi connectivity index (χ1n) is 10.2. The fraction of sp³-hybridized carbons (Fsp3) is 0.381. The lowest BCUT2D eigenvalue weighted by atomic mass is 9.92. The first-order chi connectivity index (χ1) is 15.8. The number of carbonyl (C=O) groups excluding carboxylic acids is 2. The maximum absolute atomic E-state index is 15.1. The molecular weight excluding hydrogens is 444 g/mol. The molecule has 0 aliphatic carbocycles. The number of amides is 2. The second-order valence-corrected chi connectivity index (χ2v) is 7.72. The Labute approximate surface area is 186 Å². The molecule has 4 rings (SSSR count). The minimum Gasteiger partial charge on any atom is -0.354 e. The van der Waals surface area contributed by atoms with E-state index in [9.17, 15) is 22.8 Å². The number of hydrogen-bond donors (Lipinski definition) is 1. The van der Waals surface area contributed by atoms with Crippen LogP contribution in [0.2, 0.25) is 0 Å². The zero-order valence-corrected chi connectivity index (χ0v) is 17.5. The van der Waals surface area contributed by atoms with Crippen molar-refractivity contribution in [2.45, 2.75) is 25.1 Å². The van der Waals surface area contributed by atoms with Gasteiger partial charge in [-0.1, -0.05) is 0 Å². The summed E-state index contributed by atoms with van der Waals surface area (Å²) >= 11 is 0. The topological polar surface area (TPSA) is 90.8 Å². The zero-order chi connectivity index (χ0) is 23.7. The van der Waals surface area contributed by atoms with Crippen LogP contribution in [0.4, 0.5) is 23.4 Å². The molecule has 3 heterocycles. The van der Waals surface area contributed by atoms with Crippen molar-refractivity contribution in [3.8, 4) is 0 Å². The summed E-state index contributed by atoms with van der Waals surface area (Å²) in [5.41, 5.74) is -0.233. The number of carbonyl (C=O) groups is 2. The summed E-state index contributed by atoms with van der Waals surface area (Å²) in [7, 11) is 1.46. The largest absolute Gasteiger partial charge is 0.354 e. The fourth-order valence-corrected chi connectivity index (χ4v) is 4.04. The molecule has 3 atom stereocenters. The van der Waals surface area contributed by atoms with Gasteiger partial charge in [-0.2, -0.15) is 5.10 Å². The maximum atomic E-state index is 15.1. The van der Waals surface area contributed by atoms with Gasteiger partial charge in [-0.3, -0.25) is 9.59 Å². The Kier molecular flexibility index (Phi) is 6.25. The molecule has 2 aromatic rings. The Balaban J connectivity index is 1.49. The highest BCUT2D eigenvalue weighted by molar-refractivity contribution is 5.92. The lowest BCUT2D eigenvalue weighted by Gasteiger charge is -2.36. The average Bonchev–Trinajstić information content (AvgIpc) is 3.30. The Morgan fingerprint density at radius 3 is 2.67 bits per heavy atom. The first kappa shape index (κ1) is 22.6. The quantitative estimate of drug-likeness (QED) is 0.554. The van der Waals surface area contributed by atoms with Crippen molar-refractivity contribution >= 4 is 23.8 Å². The third kappa shape index (κ3) is 4.37. The monoisotopic (exact) mass is 464 g/mol. The van der Waals surface area contributed by atoms with Crippen LogP contribution in [0.25, 0.3) is 0 Å². The smallest absolute Gasteiger partial charge is 0.269 e. The second-order valence-electron chi connectivity index (χ2n) is 7.72. The lowest BCUT2D eigenvalue weighted by molar-refractivity contribution is -0.140. The molecule has 1 fully saturated rings. The number of nitrogens with zero attached hydrogens (tertiary/aromatic N) is 5. The van der Waals surface area contributed by atoms with Crippen LogP contribution in [0.1, 0.15) is 34.9 Å². The molecule has 33 heavy (non-hydrogen) atoms. The minimum absolute atomic E-state index is 0.0462. The number of rotatable bonds is 4. The van der Waals surface area contributed by atoms with E-state index in [1.807, 2.05) is 0 Å². The van der Waals surface area contributed by atoms with E-state index in [2.05, 4.69) is 20.4 Å². The molecule has 2 aliphatic heterocycles. The van der Waals surface area contributed by atoms with E-state index in [0.717, 1.165) is 11.1 Å². The number of aromatic nitrogens is 2. The van der Waals surface area contributed by atoms with Gasteiger partial charge in [0.2, 0.25) is 5.91 Å². The third-order valence-corrected chi connectivity index (χ3v) is 5.73. The van der Waals surface area contributed by atoms with Crippen LogP contribution in [0, 0.1) is 23.4 Å². The summed E-state index contributed by atoms with van der Waals surface area (Å²) in [5, 5.41) is 7.27. The number of anilines is 1. The average molecular weight is 464 g/mol. The molecule has 1 aromatic heterocycles. The number of halogens is 4. The number of alkyl halides is 1.